The maximum absolute atomic E-state index is 13.5. The Morgan fingerprint density at radius 1 is 1.40 bits per heavy atom. The zero-order valence-corrected chi connectivity index (χ0v) is 11.0. The fourth-order valence-electron chi connectivity index (χ4n) is 1.79. The van der Waals surface area contributed by atoms with Crippen LogP contribution in [-0.4, -0.2) is 18.5 Å². The zero-order chi connectivity index (χ0) is 14.7. The molecule has 0 aliphatic heterocycles. The average Bonchev–Trinajstić information content (AvgIpc) is 3.19. The minimum Gasteiger partial charge on any atom is -0.455 e. The Balaban J connectivity index is 1.84. The molecular weight excluding hydrogens is 268 g/mol. The molecule has 4 nitrogen and oxygen atoms in total. The van der Waals surface area contributed by atoms with E-state index in [0.717, 1.165) is 25.0 Å². The number of hydrogen-bond acceptors (Lipinski definition) is 3. The highest BCUT2D eigenvalue weighted by molar-refractivity contribution is 5.82. The van der Waals surface area contributed by atoms with Crippen LogP contribution in [-0.2, 0) is 14.3 Å². The van der Waals surface area contributed by atoms with E-state index in [2.05, 4.69) is 5.32 Å². The Morgan fingerprint density at radius 3 is 2.70 bits per heavy atom. The van der Waals surface area contributed by atoms with Crippen molar-refractivity contribution in [3.8, 4) is 0 Å². The van der Waals surface area contributed by atoms with Crippen LogP contribution in [0.2, 0.25) is 0 Å². The second kappa shape index (κ2) is 5.98. The lowest BCUT2D eigenvalue weighted by Gasteiger charge is -2.15. The summed E-state index contributed by atoms with van der Waals surface area (Å²) < 4.78 is 31.1. The molecule has 0 unspecified atom stereocenters. The van der Waals surface area contributed by atoms with Crippen LogP contribution in [0.4, 0.5) is 8.78 Å². The minimum atomic E-state index is -0.729. The molecule has 1 amide bonds. The predicted octanol–water partition coefficient (Wildman–Crippen LogP) is 2.10. The number of esters is 1. The number of halogens is 2. The Morgan fingerprint density at radius 2 is 2.10 bits per heavy atom. The molecule has 108 valence electrons. The highest BCUT2D eigenvalue weighted by Crippen LogP contribution is 2.29. The SMILES string of the molecule is C[C@@H](NC(=O)COC(=O)C1CC1)c1ccc(F)cc1F. The molecule has 1 fully saturated rings. The molecule has 1 aromatic rings. The number of ether oxygens (including phenoxy) is 1. The normalized spacial score (nSPS) is 15.6. The number of benzene rings is 1. The highest BCUT2D eigenvalue weighted by Gasteiger charge is 2.31. The number of carbonyl (C=O) groups excluding carboxylic acids is 2. The molecule has 1 aromatic carbocycles. The highest BCUT2D eigenvalue weighted by atomic mass is 19.1. The smallest absolute Gasteiger partial charge is 0.309 e. The van der Waals surface area contributed by atoms with E-state index < -0.39 is 23.6 Å². The quantitative estimate of drug-likeness (QED) is 0.842. The van der Waals surface area contributed by atoms with Crippen molar-refractivity contribution in [1.29, 1.82) is 0 Å². The van der Waals surface area contributed by atoms with Gasteiger partial charge in [-0.25, -0.2) is 8.78 Å². The molecule has 6 heteroatoms. The van der Waals surface area contributed by atoms with Gasteiger partial charge in [-0.2, -0.15) is 0 Å². The molecule has 1 aliphatic rings. The molecular formula is C14H15F2NO3. The molecule has 0 spiro atoms. The molecule has 1 N–H and O–H groups in total. The first-order chi connectivity index (χ1) is 9.47. The van der Waals surface area contributed by atoms with Crippen molar-refractivity contribution >= 4 is 11.9 Å². The van der Waals surface area contributed by atoms with Gasteiger partial charge in [0.2, 0.25) is 0 Å². The van der Waals surface area contributed by atoms with Crippen molar-refractivity contribution in [3.63, 3.8) is 0 Å². The van der Waals surface area contributed by atoms with E-state index >= 15 is 0 Å². The Hall–Kier alpha value is -1.98. The summed E-state index contributed by atoms with van der Waals surface area (Å²) in [6.07, 6.45) is 1.61. The van der Waals surface area contributed by atoms with Gasteiger partial charge in [-0.1, -0.05) is 6.07 Å². The Labute approximate surface area is 115 Å². The maximum Gasteiger partial charge on any atom is 0.309 e. The summed E-state index contributed by atoms with van der Waals surface area (Å²) in [5.41, 5.74) is 0.174. The van der Waals surface area contributed by atoms with Gasteiger partial charge in [-0.15, -0.1) is 0 Å². The molecule has 0 radical (unpaired) electrons. The lowest BCUT2D eigenvalue weighted by molar-refractivity contribution is -0.150. The second-order valence-electron chi connectivity index (χ2n) is 4.84. The molecule has 0 saturated heterocycles. The van der Waals surface area contributed by atoms with Crippen molar-refractivity contribution in [2.24, 2.45) is 5.92 Å². The summed E-state index contributed by atoms with van der Waals surface area (Å²) in [6, 6.07) is 2.51. The summed E-state index contributed by atoms with van der Waals surface area (Å²) >= 11 is 0. The predicted molar refractivity (Wildman–Crippen MR) is 66.6 cm³/mol. The van der Waals surface area contributed by atoms with Crippen LogP contribution < -0.4 is 5.32 Å². The molecule has 0 bridgehead atoms. The number of hydrogen-bond donors (Lipinski definition) is 1. The van der Waals surface area contributed by atoms with Crippen LogP contribution in [0.3, 0.4) is 0 Å². The minimum absolute atomic E-state index is 0.0743. The maximum atomic E-state index is 13.5. The van der Waals surface area contributed by atoms with Gasteiger partial charge in [-0.05, 0) is 25.8 Å². The Kier molecular flexibility index (Phi) is 4.32. The third-order valence-electron chi connectivity index (χ3n) is 3.06. The summed E-state index contributed by atoms with van der Waals surface area (Å²) in [7, 11) is 0. The summed E-state index contributed by atoms with van der Waals surface area (Å²) in [5.74, 6) is -2.37. The first-order valence-electron chi connectivity index (χ1n) is 6.38. The summed E-state index contributed by atoms with van der Waals surface area (Å²) in [6.45, 7) is 1.18. The summed E-state index contributed by atoms with van der Waals surface area (Å²) in [4.78, 5) is 22.8. The van der Waals surface area contributed by atoms with Crippen molar-refractivity contribution < 1.29 is 23.1 Å². The van der Waals surface area contributed by atoms with Crippen LogP contribution in [0.1, 0.15) is 31.4 Å². The first-order valence-corrected chi connectivity index (χ1v) is 6.38. The van der Waals surface area contributed by atoms with Gasteiger partial charge in [0.1, 0.15) is 11.6 Å². The van der Waals surface area contributed by atoms with Crippen molar-refractivity contribution in [2.75, 3.05) is 6.61 Å². The number of carbonyl (C=O) groups is 2. The Bertz CT molecular complexity index is 529. The van der Waals surface area contributed by atoms with Gasteiger partial charge in [0.25, 0.3) is 5.91 Å². The van der Waals surface area contributed by atoms with Gasteiger partial charge >= 0.3 is 5.97 Å². The van der Waals surface area contributed by atoms with Gasteiger partial charge in [0, 0.05) is 11.6 Å². The average molecular weight is 283 g/mol. The van der Waals surface area contributed by atoms with Crippen LogP contribution >= 0.6 is 0 Å². The topological polar surface area (TPSA) is 55.4 Å². The molecule has 0 aromatic heterocycles. The van der Waals surface area contributed by atoms with E-state index in [1.165, 1.54) is 6.07 Å². The van der Waals surface area contributed by atoms with Crippen LogP contribution in [0.5, 0.6) is 0 Å². The van der Waals surface area contributed by atoms with Crippen molar-refractivity contribution in [1.82, 2.24) is 5.32 Å². The molecule has 1 aliphatic carbocycles. The van der Waals surface area contributed by atoms with E-state index in [9.17, 15) is 18.4 Å². The molecule has 0 heterocycles. The fourth-order valence-corrected chi connectivity index (χ4v) is 1.79. The van der Waals surface area contributed by atoms with Crippen LogP contribution in [0.15, 0.2) is 18.2 Å². The number of amides is 1. The zero-order valence-electron chi connectivity index (χ0n) is 11.0. The molecule has 1 atom stereocenters. The number of nitrogens with one attached hydrogen (secondary N) is 1. The standard InChI is InChI=1S/C14H15F2NO3/c1-8(11-5-4-10(15)6-12(11)16)17-13(18)7-20-14(19)9-2-3-9/h4-6,8-9H,2-3,7H2,1H3,(H,17,18)/t8-/m1/s1. The molecule has 2 rings (SSSR count). The molecule has 20 heavy (non-hydrogen) atoms. The van der Waals surface area contributed by atoms with Crippen molar-refractivity contribution in [3.05, 3.63) is 35.4 Å². The fraction of sp³-hybridized carbons (Fsp3) is 0.429. The number of rotatable bonds is 5. The third kappa shape index (κ3) is 3.76. The largest absolute Gasteiger partial charge is 0.455 e. The monoisotopic (exact) mass is 283 g/mol. The lowest BCUT2D eigenvalue weighted by Crippen LogP contribution is -2.31. The van der Waals surface area contributed by atoms with E-state index in [0.29, 0.717) is 0 Å². The lowest BCUT2D eigenvalue weighted by atomic mass is 10.1. The third-order valence-corrected chi connectivity index (χ3v) is 3.06. The second-order valence-corrected chi connectivity index (χ2v) is 4.84. The van der Waals surface area contributed by atoms with Crippen LogP contribution in [0, 0.1) is 17.6 Å². The van der Waals surface area contributed by atoms with Gasteiger partial charge < -0.3 is 10.1 Å². The van der Waals surface area contributed by atoms with E-state index in [1.807, 2.05) is 0 Å². The first kappa shape index (κ1) is 14.4. The van der Waals surface area contributed by atoms with E-state index in [1.54, 1.807) is 6.92 Å². The molecule has 1 saturated carbocycles. The van der Waals surface area contributed by atoms with Gasteiger partial charge in [0.15, 0.2) is 6.61 Å². The van der Waals surface area contributed by atoms with E-state index in [-0.39, 0.29) is 24.1 Å². The van der Waals surface area contributed by atoms with Gasteiger partial charge in [0.05, 0.1) is 12.0 Å². The van der Waals surface area contributed by atoms with Crippen molar-refractivity contribution in [2.45, 2.75) is 25.8 Å². The summed E-state index contributed by atoms with van der Waals surface area (Å²) in [5, 5.41) is 2.49. The van der Waals surface area contributed by atoms with E-state index in [4.69, 9.17) is 4.74 Å². The van der Waals surface area contributed by atoms with Gasteiger partial charge in [-0.3, -0.25) is 9.59 Å². The van der Waals surface area contributed by atoms with Crippen LogP contribution in [0.25, 0.3) is 0 Å².